The van der Waals surface area contributed by atoms with E-state index in [4.69, 9.17) is 9.47 Å². The third kappa shape index (κ3) is 2.70. The van der Waals surface area contributed by atoms with E-state index in [1.54, 1.807) is 12.1 Å². The molecule has 25 heavy (non-hydrogen) atoms. The number of nitrogens with one attached hydrogen (secondary N) is 1. The Bertz CT molecular complexity index is 849. The Kier molecular flexibility index (Phi) is 3.81. The predicted octanol–water partition coefficient (Wildman–Crippen LogP) is 3.79. The summed E-state index contributed by atoms with van der Waals surface area (Å²) in [6.45, 7) is 2.23. The lowest BCUT2D eigenvalue weighted by Gasteiger charge is -2.35. The van der Waals surface area contributed by atoms with Crippen LogP contribution in [0.4, 0.5) is 10.1 Å². The molecule has 128 valence electrons. The molecule has 1 spiro atoms. The van der Waals surface area contributed by atoms with E-state index < -0.39 is 17.5 Å². The van der Waals surface area contributed by atoms with Crippen LogP contribution in [0.2, 0.25) is 0 Å². The lowest BCUT2D eigenvalue weighted by molar-refractivity contribution is -0.151. The molecule has 5 heteroatoms. The smallest absolute Gasteiger partial charge is 0.261 e. The van der Waals surface area contributed by atoms with E-state index in [9.17, 15) is 9.18 Å². The van der Waals surface area contributed by atoms with Gasteiger partial charge in [0.25, 0.3) is 5.91 Å². The van der Waals surface area contributed by atoms with Gasteiger partial charge in [-0.15, -0.1) is 0 Å². The average Bonchev–Trinajstić information content (AvgIpc) is 2.87. The fraction of sp³-hybridized carbons (Fsp3) is 0.250. The fourth-order valence-electron chi connectivity index (χ4n) is 3.50. The van der Waals surface area contributed by atoms with Gasteiger partial charge in [-0.25, -0.2) is 4.39 Å². The Morgan fingerprint density at radius 2 is 2.04 bits per heavy atom. The lowest BCUT2D eigenvalue weighted by atomic mass is 9.85. The summed E-state index contributed by atoms with van der Waals surface area (Å²) in [5, 5.41) is 2.63. The van der Waals surface area contributed by atoms with E-state index >= 15 is 0 Å². The molecule has 1 N–H and O–H groups in total. The first-order valence-electron chi connectivity index (χ1n) is 8.22. The molecule has 2 aromatic rings. The first-order chi connectivity index (χ1) is 12.1. The second-order valence-corrected chi connectivity index (χ2v) is 6.41. The van der Waals surface area contributed by atoms with Gasteiger partial charge in [0.15, 0.2) is 5.60 Å². The number of benzene rings is 2. The number of halogens is 1. The van der Waals surface area contributed by atoms with E-state index in [2.05, 4.69) is 5.32 Å². The van der Waals surface area contributed by atoms with Crippen molar-refractivity contribution in [2.45, 2.75) is 25.0 Å². The second kappa shape index (κ2) is 6.01. The van der Waals surface area contributed by atoms with Gasteiger partial charge in [0.2, 0.25) is 0 Å². The molecule has 2 aromatic carbocycles. The molecule has 4 nitrogen and oxygen atoms in total. The van der Waals surface area contributed by atoms with E-state index in [0.29, 0.717) is 12.0 Å². The van der Waals surface area contributed by atoms with Crippen LogP contribution in [0.25, 0.3) is 0 Å². The molecule has 0 aromatic heterocycles. The number of rotatable bonds is 3. The highest BCUT2D eigenvalue weighted by atomic mass is 19.1. The van der Waals surface area contributed by atoms with Crippen LogP contribution in [-0.2, 0) is 15.1 Å². The van der Waals surface area contributed by atoms with Gasteiger partial charge in [-0.2, -0.15) is 0 Å². The molecule has 0 bridgehead atoms. The Morgan fingerprint density at radius 3 is 2.84 bits per heavy atom. The molecule has 2 aliphatic rings. The van der Waals surface area contributed by atoms with Crippen molar-refractivity contribution < 1.29 is 18.7 Å². The molecule has 0 saturated heterocycles. The van der Waals surface area contributed by atoms with Gasteiger partial charge in [-0.3, -0.25) is 4.79 Å². The van der Waals surface area contributed by atoms with E-state index in [1.807, 2.05) is 43.3 Å². The summed E-state index contributed by atoms with van der Waals surface area (Å²) in [4.78, 5) is 12.7. The normalized spacial score (nSPS) is 24.6. The Balaban J connectivity index is 1.61. The molecule has 2 atom stereocenters. The average molecular weight is 339 g/mol. The number of fused-ring (bicyclic) bond motifs is 2. The summed E-state index contributed by atoms with van der Waals surface area (Å²) in [7, 11) is 0. The first-order valence-corrected chi connectivity index (χ1v) is 8.22. The zero-order valence-electron chi connectivity index (χ0n) is 13.8. The van der Waals surface area contributed by atoms with Crippen molar-refractivity contribution in [3.05, 3.63) is 71.6 Å². The number of amides is 1. The quantitative estimate of drug-likeness (QED) is 0.866. The highest BCUT2D eigenvalue weighted by molar-refractivity contribution is 6.05. The summed E-state index contributed by atoms with van der Waals surface area (Å²) < 4.78 is 26.0. The van der Waals surface area contributed by atoms with Crippen molar-refractivity contribution in [3.8, 4) is 5.75 Å². The number of ether oxygens (including phenoxy) is 2. The SMILES string of the molecule is CC1=C[C@@H](COc2ccccc2)O[C@@]2(C1)C(=O)Nc1c(F)cccc12. The zero-order valence-corrected chi connectivity index (χ0v) is 13.8. The van der Waals surface area contributed by atoms with E-state index in [-0.39, 0.29) is 18.2 Å². The molecule has 0 aliphatic carbocycles. The van der Waals surface area contributed by atoms with Gasteiger partial charge in [0.05, 0.1) is 5.69 Å². The maximum Gasteiger partial charge on any atom is 0.261 e. The maximum atomic E-state index is 14.1. The molecular weight excluding hydrogens is 321 g/mol. The van der Waals surface area contributed by atoms with Gasteiger partial charge in [-0.1, -0.05) is 42.0 Å². The monoisotopic (exact) mass is 339 g/mol. The largest absolute Gasteiger partial charge is 0.491 e. The summed E-state index contributed by atoms with van der Waals surface area (Å²) in [5.74, 6) is -0.0422. The van der Waals surface area contributed by atoms with Gasteiger partial charge in [0.1, 0.15) is 24.3 Å². The Morgan fingerprint density at radius 1 is 1.24 bits per heavy atom. The lowest BCUT2D eigenvalue weighted by Crippen LogP contribution is -2.44. The van der Waals surface area contributed by atoms with Crippen LogP contribution in [0.5, 0.6) is 5.75 Å². The minimum Gasteiger partial charge on any atom is -0.491 e. The van der Waals surface area contributed by atoms with Gasteiger partial charge in [-0.05, 0) is 25.1 Å². The minimum absolute atomic E-state index is 0.213. The van der Waals surface area contributed by atoms with E-state index in [0.717, 1.165) is 11.3 Å². The van der Waals surface area contributed by atoms with Crippen molar-refractivity contribution in [2.75, 3.05) is 11.9 Å². The zero-order chi connectivity index (χ0) is 17.4. The molecule has 0 fully saturated rings. The van der Waals surface area contributed by atoms with Gasteiger partial charge in [0, 0.05) is 12.0 Å². The summed E-state index contributed by atoms with van der Waals surface area (Å²) in [6, 6.07) is 14.1. The molecule has 2 aliphatic heterocycles. The highest BCUT2D eigenvalue weighted by Crippen LogP contribution is 2.46. The summed E-state index contributed by atoms with van der Waals surface area (Å²) in [6.07, 6.45) is 1.96. The topological polar surface area (TPSA) is 47.6 Å². The van der Waals surface area contributed by atoms with Crippen molar-refractivity contribution in [3.63, 3.8) is 0 Å². The molecule has 0 radical (unpaired) electrons. The molecule has 0 saturated carbocycles. The van der Waals surface area contributed by atoms with Crippen LogP contribution in [0, 0.1) is 5.82 Å². The number of carbonyl (C=O) groups is 1. The van der Waals surface area contributed by atoms with Gasteiger partial charge >= 0.3 is 0 Å². The second-order valence-electron chi connectivity index (χ2n) is 6.41. The third-order valence-corrected chi connectivity index (χ3v) is 4.56. The van der Waals surface area contributed by atoms with Crippen LogP contribution < -0.4 is 10.1 Å². The third-order valence-electron chi connectivity index (χ3n) is 4.56. The van der Waals surface area contributed by atoms with Crippen LogP contribution >= 0.6 is 0 Å². The van der Waals surface area contributed by atoms with Crippen molar-refractivity contribution in [2.24, 2.45) is 0 Å². The van der Waals surface area contributed by atoms with Crippen LogP contribution in [0.15, 0.2) is 60.2 Å². The number of hydrogen-bond donors (Lipinski definition) is 1. The van der Waals surface area contributed by atoms with Crippen LogP contribution in [0.1, 0.15) is 18.9 Å². The number of hydrogen-bond acceptors (Lipinski definition) is 3. The number of anilines is 1. The highest BCUT2D eigenvalue weighted by Gasteiger charge is 2.51. The number of carbonyl (C=O) groups excluding carboxylic acids is 1. The van der Waals surface area contributed by atoms with Gasteiger partial charge < -0.3 is 14.8 Å². The van der Waals surface area contributed by atoms with Crippen molar-refractivity contribution >= 4 is 11.6 Å². The first kappa shape index (κ1) is 15.8. The standard InChI is InChI=1S/C20H18FNO3/c1-13-10-15(12-24-14-6-3-2-4-7-14)25-20(11-13)16-8-5-9-17(21)18(16)22-19(20)23/h2-10,15H,11-12H2,1H3,(H,22,23)/t15-,20+/m0/s1. The molecular formula is C20H18FNO3. The molecule has 0 unspecified atom stereocenters. The minimum atomic E-state index is -1.19. The molecule has 1 amide bonds. The summed E-state index contributed by atoms with van der Waals surface area (Å²) >= 11 is 0. The van der Waals surface area contributed by atoms with Crippen LogP contribution in [0.3, 0.4) is 0 Å². The Hall–Kier alpha value is -2.66. The fourth-order valence-corrected chi connectivity index (χ4v) is 3.50. The summed E-state index contributed by atoms with van der Waals surface area (Å²) in [5.41, 5.74) is 0.584. The molecule has 4 rings (SSSR count). The predicted molar refractivity (Wildman–Crippen MR) is 91.9 cm³/mol. The van der Waals surface area contributed by atoms with Crippen molar-refractivity contribution in [1.29, 1.82) is 0 Å². The maximum absolute atomic E-state index is 14.1. The Labute approximate surface area is 145 Å². The molecule has 2 heterocycles. The number of para-hydroxylation sites is 2. The van der Waals surface area contributed by atoms with Crippen LogP contribution in [-0.4, -0.2) is 18.6 Å². The van der Waals surface area contributed by atoms with Crippen molar-refractivity contribution in [1.82, 2.24) is 0 Å². The van der Waals surface area contributed by atoms with E-state index in [1.165, 1.54) is 6.07 Å².